The number of aliphatic imine (C=N–C) groups is 1. The summed E-state index contributed by atoms with van der Waals surface area (Å²) in [7, 11) is 9.87. The first-order valence-electron chi connectivity index (χ1n) is 8.80. The molecule has 0 bridgehead atoms. The van der Waals surface area contributed by atoms with Crippen LogP contribution in [0.15, 0.2) is 71.7 Å². The minimum absolute atomic E-state index is 0.268. The Morgan fingerprint density at radius 3 is 1.92 bits per heavy atom. The van der Waals surface area contributed by atoms with Crippen molar-refractivity contribution in [1.82, 2.24) is 0 Å². The number of aliphatic hydroxyl groups excluding tert-OH is 1. The first kappa shape index (κ1) is 21.4. The van der Waals surface area contributed by atoms with Gasteiger partial charge in [-0.1, -0.05) is 79.9 Å². The van der Waals surface area contributed by atoms with Crippen molar-refractivity contribution < 1.29 is 26.0 Å². The Kier molecular flexibility index (Phi) is 10.3. The average molecular weight is 468 g/mol. The third-order valence-corrected chi connectivity index (χ3v) is 4.31. The molecule has 1 saturated carbocycles. The quantitative estimate of drug-likeness (QED) is 0.390. The van der Waals surface area contributed by atoms with E-state index in [1.54, 1.807) is 6.08 Å². The summed E-state index contributed by atoms with van der Waals surface area (Å²) in [5, 5.41) is 10.5. The standard InChI is InChI=1S/C21H23NO.2ClH.Zr/c23-21(18-12-6-2-7-13-18)16-20(17-10-4-1-5-11-17)22-19-14-8-3-9-15-19;;;/h1-2,4-7,10-13,16,19,23H,3,8-9,14-15H2;2*1H;/q;;;+2/p-2/b21-16-,22-20?;;;. The molecular formula is C21H23Cl2NOZr. The van der Waals surface area contributed by atoms with Gasteiger partial charge in [0.05, 0.1) is 11.8 Å². The van der Waals surface area contributed by atoms with Crippen molar-refractivity contribution in [3.8, 4) is 0 Å². The summed E-state index contributed by atoms with van der Waals surface area (Å²) in [5.74, 6) is 0.268. The second-order valence-corrected chi connectivity index (χ2v) is 9.87. The van der Waals surface area contributed by atoms with Gasteiger partial charge in [-0.05, 0) is 18.4 Å². The number of aliphatic hydroxyl groups is 1. The summed E-state index contributed by atoms with van der Waals surface area (Å²) < 4.78 is 0. The van der Waals surface area contributed by atoms with Gasteiger partial charge in [-0.2, -0.15) is 0 Å². The van der Waals surface area contributed by atoms with Crippen LogP contribution in [-0.4, -0.2) is 16.9 Å². The molecule has 0 unspecified atom stereocenters. The zero-order valence-electron chi connectivity index (χ0n) is 14.6. The Labute approximate surface area is 174 Å². The molecule has 1 aliphatic carbocycles. The van der Waals surface area contributed by atoms with Gasteiger partial charge in [-0.25, -0.2) is 0 Å². The topological polar surface area (TPSA) is 32.6 Å². The van der Waals surface area contributed by atoms with Crippen molar-refractivity contribution in [3.63, 3.8) is 0 Å². The van der Waals surface area contributed by atoms with Gasteiger partial charge in [0, 0.05) is 11.6 Å². The maximum atomic E-state index is 10.5. The van der Waals surface area contributed by atoms with Gasteiger partial charge in [-0.3, -0.25) is 4.99 Å². The number of hydrogen-bond acceptors (Lipinski definition) is 2. The van der Waals surface area contributed by atoms with Gasteiger partial charge in [0.25, 0.3) is 0 Å². The predicted molar refractivity (Wildman–Crippen MR) is 109 cm³/mol. The van der Waals surface area contributed by atoms with E-state index in [1.165, 1.54) is 19.3 Å². The monoisotopic (exact) mass is 465 g/mol. The van der Waals surface area contributed by atoms with E-state index in [-0.39, 0.29) is 5.76 Å². The van der Waals surface area contributed by atoms with Crippen LogP contribution in [-0.2, 0) is 20.8 Å². The summed E-state index contributed by atoms with van der Waals surface area (Å²) in [6.07, 6.45) is 7.93. The number of hydrogen-bond donors (Lipinski definition) is 1. The van der Waals surface area contributed by atoms with E-state index in [4.69, 9.17) is 22.0 Å². The van der Waals surface area contributed by atoms with Crippen molar-refractivity contribution >= 4 is 28.5 Å². The van der Waals surface area contributed by atoms with Crippen LogP contribution in [0.5, 0.6) is 0 Å². The third kappa shape index (κ3) is 7.39. The molecule has 1 aliphatic rings. The first-order chi connectivity index (χ1) is 12.7. The second-order valence-electron chi connectivity index (χ2n) is 6.14. The average Bonchev–Trinajstić information content (AvgIpc) is 2.70. The molecule has 0 saturated heterocycles. The Bertz CT molecular complexity index is 698. The Morgan fingerprint density at radius 2 is 1.38 bits per heavy atom. The fraction of sp³-hybridized carbons (Fsp3) is 0.286. The van der Waals surface area contributed by atoms with E-state index in [2.05, 4.69) is 12.1 Å². The molecule has 2 aromatic rings. The van der Waals surface area contributed by atoms with E-state index in [9.17, 15) is 5.11 Å². The molecule has 1 fully saturated rings. The SMILES string of the molecule is O/C(=C\C(=NC1CCCCC1)c1ccccc1)c1ccccc1.[Cl][Zr][Cl]. The number of benzene rings is 2. The molecule has 0 heterocycles. The molecule has 0 atom stereocenters. The molecule has 1 N–H and O–H groups in total. The molecule has 136 valence electrons. The first-order valence-corrected chi connectivity index (χ1v) is 15.1. The molecule has 0 aliphatic heterocycles. The fourth-order valence-corrected chi connectivity index (χ4v) is 3.03. The van der Waals surface area contributed by atoms with E-state index >= 15 is 0 Å². The van der Waals surface area contributed by atoms with Crippen LogP contribution in [0.1, 0.15) is 43.2 Å². The van der Waals surface area contributed by atoms with Gasteiger partial charge in [-0.15, -0.1) is 0 Å². The number of rotatable bonds is 4. The van der Waals surface area contributed by atoms with E-state index in [1.807, 2.05) is 48.5 Å². The predicted octanol–water partition coefficient (Wildman–Crippen LogP) is 6.78. The minimum atomic E-state index is -0.826. The Balaban J connectivity index is 0.000000758. The molecule has 0 spiro atoms. The van der Waals surface area contributed by atoms with Crippen molar-refractivity contribution in [2.45, 2.75) is 38.1 Å². The summed E-state index contributed by atoms with van der Waals surface area (Å²) in [4.78, 5) is 4.95. The van der Waals surface area contributed by atoms with Crippen molar-refractivity contribution in [2.75, 3.05) is 0 Å². The number of nitrogens with zero attached hydrogens (tertiary/aromatic N) is 1. The van der Waals surface area contributed by atoms with Crippen LogP contribution < -0.4 is 0 Å². The number of allylic oxidation sites excluding steroid dienone is 1. The van der Waals surface area contributed by atoms with Crippen LogP contribution in [0.2, 0.25) is 0 Å². The van der Waals surface area contributed by atoms with Gasteiger partial charge in [0.1, 0.15) is 5.76 Å². The molecule has 0 amide bonds. The van der Waals surface area contributed by atoms with Crippen molar-refractivity contribution in [2.24, 2.45) is 4.99 Å². The van der Waals surface area contributed by atoms with Crippen LogP contribution in [0.25, 0.3) is 5.76 Å². The summed E-state index contributed by atoms with van der Waals surface area (Å²) in [6, 6.07) is 20.1. The van der Waals surface area contributed by atoms with Crippen LogP contribution in [0.4, 0.5) is 0 Å². The van der Waals surface area contributed by atoms with Crippen LogP contribution in [0, 0.1) is 0 Å². The molecule has 0 radical (unpaired) electrons. The summed E-state index contributed by atoms with van der Waals surface area (Å²) in [5.41, 5.74) is 2.75. The zero-order chi connectivity index (χ0) is 18.6. The van der Waals surface area contributed by atoms with Crippen molar-refractivity contribution in [1.29, 1.82) is 0 Å². The van der Waals surface area contributed by atoms with Gasteiger partial charge in [0.2, 0.25) is 0 Å². The van der Waals surface area contributed by atoms with Gasteiger partial charge < -0.3 is 5.11 Å². The van der Waals surface area contributed by atoms with Gasteiger partial charge >= 0.3 is 37.9 Å². The molecule has 2 nitrogen and oxygen atoms in total. The molecule has 26 heavy (non-hydrogen) atoms. The summed E-state index contributed by atoms with van der Waals surface area (Å²) >= 11 is -0.826. The van der Waals surface area contributed by atoms with Crippen LogP contribution in [0.3, 0.4) is 0 Å². The molecule has 3 rings (SSSR count). The second kappa shape index (κ2) is 12.5. The third-order valence-electron chi connectivity index (χ3n) is 4.31. The maximum absolute atomic E-state index is 10.5. The van der Waals surface area contributed by atoms with E-state index in [0.29, 0.717) is 6.04 Å². The number of halogens is 2. The van der Waals surface area contributed by atoms with Crippen LogP contribution >= 0.6 is 17.0 Å². The fourth-order valence-electron chi connectivity index (χ4n) is 3.03. The van der Waals surface area contributed by atoms with Crippen molar-refractivity contribution in [3.05, 3.63) is 77.9 Å². The Hall–Kier alpha value is -0.887. The molecule has 0 aromatic heterocycles. The zero-order valence-corrected chi connectivity index (χ0v) is 18.6. The molecular weight excluding hydrogens is 444 g/mol. The van der Waals surface area contributed by atoms with E-state index in [0.717, 1.165) is 29.7 Å². The van der Waals surface area contributed by atoms with Gasteiger partial charge in [0.15, 0.2) is 0 Å². The van der Waals surface area contributed by atoms with E-state index < -0.39 is 20.8 Å². The Morgan fingerprint density at radius 1 is 0.885 bits per heavy atom. The molecule has 2 aromatic carbocycles. The molecule has 5 heteroatoms. The summed E-state index contributed by atoms with van der Waals surface area (Å²) in [6.45, 7) is 0. The normalized spacial score (nSPS) is 15.8.